The molecular formula is C17H27ClN2O2. The Morgan fingerprint density at radius 2 is 1.91 bits per heavy atom. The van der Waals surface area contributed by atoms with Crippen LogP contribution < -0.4 is 10.6 Å². The summed E-state index contributed by atoms with van der Waals surface area (Å²) in [5, 5.41) is 6.86. The summed E-state index contributed by atoms with van der Waals surface area (Å²) in [5.74, 6) is -0.0136. The molecule has 1 amide bonds. The van der Waals surface area contributed by atoms with E-state index in [1.54, 1.807) is 7.11 Å². The zero-order valence-electron chi connectivity index (χ0n) is 13.9. The van der Waals surface area contributed by atoms with Crippen LogP contribution >= 0.6 is 11.6 Å². The van der Waals surface area contributed by atoms with Gasteiger partial charge in [-0.3, -0.25) is 4.79 Å². The van der Waals surface area contributed by atoms with Crippen molar-refractivity contribution in [2.75, 3.05) is 26.8 Å². The fourth-order valence-corrected chi connectivity index (χ4v) is 2.31. The van der Waals surface area contributed by atoms with Crippen molar-refractivity contribution in [3.05, 3.63) is 34.9 Å². The largest absolute Gasteiger partial charge is 0.383 e. The van der Waals surface area contributed by atoms with Gasteiger partial charge in [0.25, 0.3) is 0 Å². The first kappa shape index (κ1) is 18.9. The van der Waals surface area contributed by atoms with E-state index in [2.05, 4.69) is 31.4 Å². The summed E-state index contributed by atoms with van der Waals surface area (Å²) in [6.07, 6.45) is 0.860. The number of carbonyl (C=O) groups excluding carboxylic acids is 1. The molecular weight excluding hydrogens is 300 g/mol. The average molecular weight is 327 g/mol. The molecule has 1 rings (SSSR count). The van der Waals surface area contributed by atoms with Crippen molar-refractivity contribution in [2.45, 2.75) is 33.2 Å². The number of hydrogen-bond acceptors (Lipinski definition) is 3. The number of rotatable bonds is 8. The molecule has 1 atom stereocenters. The van der Waals surface area contributed by atoms with Crippen molar-refractivity contribution in [2.24, 2.45) is 5.41 Å². The van der Waals surface area contributed by atoms with Gasteiger partial charge in [0.1, 0.15) is 0 Å². The summed E-state index contributed by atoms with van der Waals surface area (Å²) < 4.78 is 4.94. The minimum absolute atomic E-state index is 0.0136. The van der Waals surface area contributed by atoms with Crippen molar-refractivity contribution < 1.29 is 9.53 Å². The molecule has 0 heterocycles. The minimum Gasteiger partial charge on any atom is -0.383 e. The first-order valence-electron chi connectivity index (χ1n) is 7.56. The maximum atomic E-state index is 12.1. The summed E-state index contributed by atoms with van der Waals surface area (Å²) in [4.78, 5) is 12.1. The molecule has 4 nitrogen and oxygen atoms in total. The fourth-order valence-electron chi connectivity index (χ4n) is 2.18. The van der Waals surface area contributed by atoms with Crippen LogP contribution in [0.2, 0.25) is 5.02 Å². The molecule has 0 aliphatic heterocycles. The third kappa shape index (κ3) is 7.78. The van der Waals surface area contributed by atoms with E-state index < -0.39 is 0 Å². The molecule has 0 aliphatic carbocycles. The van der Waals surface area contributed by atoms with Gasteiger partial charge >= 0.3 is 0 Å². The van der Waals surface area contributed by atoms with Gasteiger partial charge in [-0.05, 0) is 29.5 Å². The number of benzene rings is 1. The maximum absolute atomic E-state index is 12.1. The lowest BCUT2D eigenvalue weighted by Gasteiger charge is -2.27. The van der Waals surface area contributed by atoms with Gasteiger partial charge in [-0.2, -0.15) is 0 Å². The Morgan fingerprint density at radius 1 is 1.27 bits per heavy atom. The lowest BCUT2D eigenvalue weighted by molar-refractivity contribution is -0.121. The van der Waals surface area contributed by atoms with Crippen LogP contribution in [0.15, 0.2) is 24.3 Å². The molecule has 0 aromatic heterocycles. The van der Waals surface area contributed by atoms with Gasteiger partial charge in [0.2, 0.25) is 5.91 Å². The molecule has 22 heavy (non-hydrogen) atoms. The van der Waals surface area contributed by atoms with Gasteiger partial charge in [-0.15, -0.1) is 0 Å². The Labute approximate surface area is 138 Å². The highest BCUT2D eigenvalue weighted by atomic mass is 35.5. The molecule has 0 spiro atoms. The predicted molar refractivity (Wildman–Crippen MR) is 91.2 cm³/mol. The van der Waals surface area contributed by atoms with Crippen LogP contribution in [-0.4, -0.2) is 32.7 Å². The maximum Gasteiger partial charge on any atom is 0.234 e. The van der Waals surface area contributed by atoms with Crippen LogP contribution in [0.4, 0.5) is 0 Å². The Kier molecular flexibility index (Phi) is 7.87. The zero-order valence-corrected chi connectivity index (χ0v) is 14.7. The molecule has 1 unspecified atom stereocenters. The van der Waals surface area contributed by atoms with E-state index >= 15 is 0 Å². The molecule has 0 bridgehead atoms. The van der Waals surface area contributed by atoms with Gasteiger partial charge in [0.15, 0.2) is 0 Å². The number of hydrogen-bond donors (Lipinski definition) is 2. The van der Waals surface area contributed by atoms with Crippen LogP contribution in [0.5, 0.6) is 0 Å². The highest BCUT2D eigenvalue weighted by molar-refractivity contribution is 6.30. The zero-order chi connectivity index (χ0) is 16.6. The average Bonchev–Trinajstić information content (AvgIpc) is 2.42. The van der Waals surface area contributed by atoms with Crippen molar-refractivity contribution >= 4 is 17.5 Å². The highest BCUT2D eigenvalue weighted by Gasteiger charge is 2.21. The summed E-state index contributed by atoms with van der Waals surface area (Å²) in [7, 11) is 1.64. The van der Waals surface area contributed by atoms with Crippen LogP contribution in [0.25, 0.3) is 0 Å². The van der Waals surface area contributed by atoms with E-state index in [4.69, 9.17) is 16.3 Å². The molecule has 1 aromatic rings. The molecule has 0 saturated heterocycles. The van der Waals surface area contributed by atoms with Gasteiger partial charge in [0, 0.05) is 18.7 Å². The lowest BCUT2D eigenvalue weighted by Crippen LogP contribution is -2.38. The molecule has 124 valence electrons. The lowest BCUT2D eigenvalue weighted by atomic mass is 9.85. The van der Waals surface area contributed by atoms with Gasteiger partial charge < -0.3 is 15.4 Å². The van der Waals surface area contributed by atoms with Crippen molar-refractivity contribution in [1.82, 2.24) is 10.6 Å². The quantitative estimate of drug-likeness (QED) is 0.721. The van der Waals surface area contributed by atoms with E-state index in [0.717, 1.165) is 12.0 Å². The van der Waals surface area contributed by atoms with E-state index in [0.29, 0.717) is 18.2 Å². The normalized spacial score (nSPS) is 13.0. The molecule has 0 radical (unpaired) electrons. The second-order valence-electron chi connectivity index (χ2n) is 6.61. The van der Waals surface area contributed by atoms with Crippen molar-refractivity contribution in [3.63, 3.8) is 0 Å². The number of nitrogens with one attached hydrogen (secondary N) is 2. The number of amides is 1. The third-order valence-corrected chi connectivity index (χ3v) is 3.44. The van der Waals surface area contributed by atoms with Gasteiger partial charge in [-0.1, -0.05) is 44.5 Å². The number of ether oxygens (including phenoxy) is 1. The summed E-state index contributed by atoms with van der Waals surface area (Å²) in [5.41, 5.74) is 1.19. The van der Waals surface area contributed by atoms with Crippen LogP contribution in [0, 0.1) is 5.41 Å². The van der Waals surface area contributed by atoms with E-state index in [-0.39, 0.29) is 23.9 Å². The van der Waals surface area contributed by atoms with Crippen LogP contribution in [-0.2, 0) is 9.53 Å². The van der Waals surface area contributed by atoms with Crippen molar-refractivity contribution in [1.29, 1.82) is 0 Å². The first-order chi connectivity index (χ1) is 10.3. The SMILES string of the molecule is COCCNCC(=O)NC(CC(C)(C)C)c1ccc(Cl)cc1. The second-order valence-corrected chi connectivity index (χ2v) is 7.04. The second kappa shape index (κ2) is 9.13. The molecule has 1 aromatic carbocycles. The summed E-state index contributed by atoms with van der Waals surface area (Å²) in [6.45, 7) is 8.04. The Balaban J connectivity index is 2.66. The summed E-state index contributed by atoms with van der Waals surface area (Å²) >= 11 is 5.94. The third-order valence-electron chi connectivity index (χ3n) is 3.19. The van der Waals surface area contributed by atoms with Crippen molar-refractivity contribution in [3.8, 4) is 0 Å². The minimum atomic E-state index is -0.0195. The van der Waals surface area contributed by atoms with Crippen LogP contribution in [0.1, 0.15) is 38.8 Å². The van der Waals surface area contributed by atoms with E-state index in [1.165, 1.54) is 0 Å². The van der Waals surface area contributed by atoms with Gasteiger partial charge in [0.05, 0.1) is 19.2 Å². The topological polar surface area (TPSA) is 50.4 Å². The number of halogens is 1. The molecule has 0 aliphatic rings. The smallest absolute Gasteiger partial charge is 0.234 e. The molecule has 5 heteroatoms. The van der Waals surface area contributed by atoms with E-state index in [1.807, 2.05) is 24.3 Å². The Morgan fingerprint density at radius 3 is 2.45 bits per heavy atom. The molecule has 0 fully saturated rings. The predicted octanol–water partition coefficient (Wildman–Crippen LogP) is 3.17. The number of methoxy groups -OCH3 is 1. The Hall–Kier alpha value is -1.10. The number of carbonyl (C=O) groups is 1. The standard InChI is InChI=1S/C17H27ClN2O2/c1-17(2,3)11-15(13-5-7-14(18)8-6-13)20-16(21)12-19-9-10-22-4/h5-8,15,19H,9-12H2,1-4H3,(H,20,21). The fraction of sp³-hybridized carbons (Fsp3) is 0.588. The molecule has 0 saturated carbocycles. The summed E-state index contributed by atoms with van der Waals surface area (Å²) in [6, 6.07) is 7.63. The van der Waals surface area contributed by atoms with E-state index in [9.17, 15) is 4.79 Å². The molecule has 2 N–H and O–H groups in total. The monoisotopic (exact) mass is 326 g/mol. The Bertz CT molecular complexity index is 455. The highest BCUT2D eigenvalue weighted by Crippen LogP contribution is 2.29. The van der Waals surface area contributed by atoms with Gasteiger partial charge in [-0.25, -0.2) is 0 Å². The van der Waals surface area contributed by atoms with Crippen LogP contribution in [0.3, 0.4) is 0 Å². The first-order valence-corrected chi connectivity index (χ1v) is 7.94.